The Bertz CT molecular complexity index is 1060. The Kier molecular flexibility index (Phi) is 8.07. The molecule has 0 amide bonds. The summed E-state index contributed by atoms with van der Waals surface area (Å²) in [6, 6.07) is 14.3. The van der Waals surface area contributed by atoms with Crippen LogP contribution in [-0.2, 0) is 19.6 Å². The third-order valence-electron chi connectivity index (χ3n) is 5.74. The third kappa shape index (κ3) is 6.19. The van der Waals surface area contributed by atoms with Crippen molar-refractivity contribution in [3.05, 3.63) is 65.2 Å². The van der Waals surface area contributed by atoms with Crippen LogP contribution in [-0.4, -0.2) is 26.2 Å². The Morgan fingerprint density at radius 2 is 1.88 bits per heavy atom. The highest BCUT2D eigenvalue weighted by Gasteiger charge is 2.30. The molecule has 0 saturated carbocycles. The summed E-state index contributed by atoms with van der Waals surface area (Å²) in [4.78, 5) is 15.0. The highest BCUT2D eigenvalue weighted by molar-refractivity contribution is 7.89. The molecule has 2 aromatic rings. The van der Waals surface area contributed by atoms with Crippen molar-refractivity contribution in [2.24, 2.45) is 5.10 Å². The summed E-state index contributed by atoms with van der Waals surface area (Å²) in [6.45, 7) is 5.98. The Labute approximate surface area is 191 Å². The molecule has 0 heterocycles. The number of nitrogens with one attached hydrogen (secondary N) is 1. The topological polar surface area (TPSA) is 84.8 Å². The lowest BCUT2D eigenvalue weighted by atomic mass is 9.98. The van der Waals surface area contributed by atoms with Crippen LogP contribution >= 0.6 is 0 Å². The van der Waals surface area contributed by atoms with Gasteiger partial charge in [0, 0.05) is 11.5 Å². The van der Waals surface area contributed by atoms with E-state index in [9.17, 15) is 13.2 Å². The number of carbonyl (C=O) groups excluding carboxylic acids is 1. The quantitative estimate of drug-likeness (QED) is 0.307. The van der Waals surface area contributed by atoms with E-state index in [2.05, 4.69) is 16.9 Å². The van der Waals surface area contributed by atoms with Gasteiger partial charge in [0.1, 0.15) is 0 Å². The predicted octanol–water partition coefficient (Wildman–Crippen LogP) is 5.07. The van der Waals surface area contributed by atoms with Gasteiger partial charge in [-0.15, -0.1) is 0 Å². The maximum absolute atomic E-state index is 12.6. The molecule has 32 heavy (non-hydrogen) atoms. The fraction of sp³-hybridized carbons (Fsp3) is 0.440. The minimum atomic E-state index is -3.76. The molecular formula is C25H32N2O4S. The van der Waals surface area contributed by atoms with Crippen molar-refractivity contribution in [3.8, 4) is 0 Å². The largest absolute Gasteiger partial charge is 0.463 e. The standard InChI is InChI=1S/C25H32N2O4S/c1-4-5-6-9-19(3)31-25(28)17-20-16-24(23-11-8-7-10-22(20)23)26-27-32(29,30)21-14-12-18(2)13-15-21/h7-8,10-15,19-20,27H,4-6,9,16-17H2,1-3H3. The first kappa shape index (κ1) is 24.0. The fourth-order valence-electron chi connectivity index (χ4n) is 3.96. The molecule has 1 N–H and O–H groups in total. The third-order valence-corrected chi connectivity index (χ3v) is 6.97. The van der Waals surface area contributed by atoms with Crippen LogP contribution in [0.3, 0.4) is 0 Å². The second-order valence-corrected chi connectivity index (χ2v) is 10.1. The normalized spacial score (nSPS) is 17.7. The second-order valence-electron chi connectivity index (χ2n) is 8.45. The van der Waals surface area contributed by atoms with Gasteiger partial charge in [0.05, 0.1) is 23.1 Å². The lowest BCUT2D eigenvalue weighted by Gasteiger charge is -2.15. The van der Waals surface area contributed by atoms with Crippen molar-refractivity contribution in [1.82, 2.24) is 4.83 Å². The predicted molar refractivity (Wildman–Crippen MR) is 126 cm³/mol. The molecule has 0 fully saturated rings. The maximum Gasteiger partial charge on any atom is 0.306 e. The second kappa shape index (κ2) is 10.8. The average molecular weight is 457 g/mol. The molecule has 0 saturated heterocycles. The summed E-state index contributed by atoms with van der Waals surface area (Å²) in [7, 11) is -3.76. The van der Waals surface area contributed by atoms with Crippen molar-refractivity contribution < 1.29 is 17.9 Å². The minimum Gasteiger partial charge on any atom is -0.463 e. The highest BCUT2D eigenvalue weighted by atomic mass is 32.2. The minimum absolute atomic E-state index is 0.0795. The molecule has 0 spiro atoms. The monoisotopic (exact) mass is 456 g/mol. The SMILES string of the molecule is CCCCCC(C)OC(=O)CC1CC(=NNS(=O)(=O)c2ccc(C)cc2)c2ccccc21. The summed E-state index contributed by atoms with van der Waals surface area (Å²) in [5, 5.41) is 4.23. The van der Waals surface area contributed by atoms with Crippen LogP contribution in [0, 0.1) is 6.92 Å². The van der Waals surface area contributed by atoms with Crippen molar-refractivity contribution in [1.29, 1.82) is 0 Å². The summed E-state index contributed by atoms with van der Waals surface area (Å²) >= 11 is 0. The number of fused-ring (bicyclic) bond motifs is 1. The van der Waals surface area contributed by atoms with Crippen LogP contribution in [0.4, 0.5) is 0 Å². The van der Waals surface area contributed by atoms with E-state index >= 15 is 0 Å². The molecule has 0 aliphatic heterocycles. The van der Waals surface area contributed by atoms with E-state index in [-0.39, 0.29) is 29.3 Å². The number of sulfonamides is 1. The Morgan fingerprint density at radius 3 is 2.59 bits per heavy atom. The molecule has 6 nitrogen and oxygen atoms in total. The lowest BCUT2D eigenvalue weighted by molar-refractivity contribution is -0.149. The van der Waals surface area contributed by atoms with Crippen molar-refractivity contribution in [3.63, 3.8) is 0 Å². The van der Waals surface area contributed by atoms with Gasteiger partial charge in [-0.2, -0.15) is 18.4 Å². The Hall–Kier alpha value is -2.67. The zero-order valence-corrected chi connectivity index (χ0v) is 19.8. The van der Waals surface area contributed by atoms with E-state index in [4.69, 9.17) is 4.74 Å². The zero-order valence-electron chi connectivity index (χ0n) is 19.0. The lowest BCUT2D eigenvalue weighted by Crippen LogP contribution is -2.20. The molecule has 2 aromatic carbocycles. The molecule has 172 valence electrons. The number of hydrazone groups is 1. The number of ether oxygens (including phenoxy) is 1. The summed E-state index contributed by atoms with van der Waals surface area (Å²) in [6.07, 6.45) is 4.82. The van der Waals surface area contributed by atoms with Gasteiger partial charge in [-0.3, -0.25) is 4.79 Å². The van der Waals surface area contributed by atoms with Gasteiger partial charge in [0.15, 0.2) is 0 Å². The molecule has 7 heteroatoms. The molecule has 2 unspecified atom stereocenters. The molecular weight excluding hydrogens is 424 g/mol. The number of unbranched alkanes of at least 4 members (excludes halogenated alkanes) is 2. The van der Waals surface area contributed by atoms with Gasteiger partial charge in [-0.1, -0.05) is 61.7 Å². The van der Waals surface area contributed by atoms with Crippen molar-refractivity contribution in [2.45, 2.75) is 76.2 Å². The summed E-state index contributed by atoms with van der Waals surface area (Å²) in [5.74, 6) is -0.306. The highest BCUT2D eigenvalue weighted by Crippen LogP contribution is 2.36. The maximum atomic E-state index is 12.6. The van der Waals surface area contributed by atoms with E-state index in [0.29, 0.717) is 12.1 Å². The smallest absolute Gasteiger partial charge is 0.306 e. The van der Waals surface area contributed by atoms with Gasteiger partial charge in [0.2, 0.25) is 0 Å². The van der Waals surface area contributed by atoms with E-state index in [1.165, 1.54) is 0 Å². The number of nitrogens with zero attached hydrogens (tertiary/aromatic N) is 1. The average Bonchev–Trinajstić information content (AvgIpc) is 3.10. The van der Waals surface area contributed by atoms with Crippen LogP contribution in [0.2, 0.25) is 0 Å². The molecule has 1 aliphatic rings. The number of hydrogen-bond acceptors (Lipinski definition) is 5. The first-order valence-corrected chi connectivity index (χ1v) is 12.7. The zero-order chi connectivity index (χ0) is 23.1. The molecule has 1 aliphatic carbocycles. The van der Waals surface area contributed by atoms with Gasteiger partial charge in [-0.25, -0.2) is 0 Å². The number of esters is 1. The van der Waals surface area contributed by atoms with Crippen molar-refractivity contribution in [2.75, 3.05) is 0 Å². The van der Waals surface area contributed by atoms with Crippen LogP contribution in [0.5, 0.6) is 0 Å². The number of hydrogen-bond donors (Lipinski definition) is 1. The molecule has 0 bridgehead atoms. The van der Waals surface area contributed by atoms with Gasteiger partial charge in [-0.05, 0) is 50.8 Å². The van der Waals surface area contributed by atoms with Crippen LogP contribution in [0.25, 0.3) is 0 Å². The first-order chi connectivity index (χ1) is 15.3. The van der Waals surface area contributed by atoms with Crippen LogP contribution < -0.4 is 4.83 Å². The van der Waals surface area contributed by atoms with E-state index in [1.54, 1.807) is 24.3 Å². The first-order valence-electron chi connectivity index (χ1n) is 11.2. The fourth-order valence-corrected chi connectivity index (χ4v) is 4.79. The molecule has 2 atom stereocenters. The summed E-state index contributed by atoms with van der Waals surface area (Å²) < 4.78 is 30.8. The Balaban J connectivity index is 1.68. The Morgan fingerprint density at radius 1 is 1.16 bits per heavy atom. The molecule has 0 radical (unpaired) electrons. The molecule has 0 aromatic heterocycles. The van der Waals surface area contributed by atoms with Crippen LogP contribution in [0.15, 0.2) is 58.5 Å². The van der Waals surface area contributed by atoms with E-state index in [0.717, 1.165) is 42.4 Å². The van der Waals surface area contributed by atoms with Crippen LogP contribution in [0.1, 0.15) is 75.0 Å². The number of benzene rings is 2. The van der Waals surface area contributed by atoms with Gasteiger partial charge < -0.3 is 4.74 Å². The number of rotatable bonds is 10. The number of aryl methyl sites for hydroxylation is 1. The van der Waals surface area contributed by atoms with Crippen molar-refractivity contribution >= 4 is 21.7 Å². The van der Waals surface area contributed by atoms with Gasteiger partial charge in [0.25, 0.3) is 10.0 Å². The number of carbonyl (C=O) groups is 1. The van der Waals surface area contributed by atoms with E-state index < -0.39 is 10.0 Å². The van der Waals surface area contributed by atoms with Gasteiger partial charge >= 0.3 is 5.97 Å². The van der Waals surface area contributed by atoms with E-state index in [1.807, 2.05) is 38.1 Å². The molecule has 3 rings (SSSR count). The summed E-state index contributed by atoms with van der Waals surface area (Å²) in [5.41, 5.74) is 3.48.